The molecule has 1 N–H and O–H groups in total. The number of esters is 1. The number of aldehydes is 1. The van der Waals surface area contributed by atoms with E-state index in [-0.39, 0.29) is 23.9 Å². The fourth-order valence-corrected chi connectivity index (χ4v) is 2.89. The third kappa shape index (κ3) is 5.72. The average molecular weight is 270 g/mol. The van der Waals surface area contributed by atoms with Crippen molar-refractivity contribution in [3.63, 3.8) is 0 Å². The molecule has 19 heavy (non-hydrogen) atoms. The molecule has 4 heteroatoms. The lowest BCUT2D eigenvalue weighted by molar-refractivity contribution is -0.143. The van der Waals surface area contributed by atoms with Gasteiger partial charge in [0.25, 0.3) is 0 Å². The largest absolute Gasteiger partial charge is 0.466 e. The van der Waals surface area contributed by atoms with E-state index in [1.165, 1.54) is 0 Å². The van der Waals surface area contributed by atoms with Crippen molar-refractivity contribution in [1.82, 2.24) is 0 Å². The summed E-state index contributed by atoms with van der Waals surface area (Å²) in [6.45, 7) is 2.26. The number of unbranched alkanes of at least 4 members (excludes halogenated alkanes) is 3. The number of aliphatic hydroxyl groups excluding tert-OH is 1. The van der Waals surface area contributed by atoms with Crippen molar-refractivity contribution in [2.24, 2.45) is 11.8 Å². The van der Waals surface area contributed by atoms with Crippen molar-refractivity contribution in [3.05, 3.63) is 0 Å². The molecule has 0 spiro atoms. The number of hydrogen-bond donors (Lipinski definition) is 1. The summed E-state index contributed by atoms with van der Waals surface area (Å²) < 4.78 is 4.86. The van der Waals surface area contributed by atoms with E-state index in [9.17, 15) is 14.7 Å². The number of rotatable bonds is 9. The standard InChI is InChI=1S/C15H26O4/c1-2-19-15(18)8-6-4-3-5-7-13-12(11-16)9-10-14(13)17/h11-14,17H,2-10H2,1H3. The zero-order valence-electron chi connectivity index (χ0n) is 11.8. The summed E-state index contributed by atoms with van der Waals surface area (Å²) in [7, 11) is 0. The summed E-state index contributed by atoms with van der Waals surface area (Å²) in [5.74, 6) is 0.0897. The Kier molecular flexibility index (Phi) is 7.72. The van der Waals surface area contributed by atoms with Gasteiger partial charge in [0, 0.05) is 12.3 Å². The average Bonchev–Trinajstić information content (AvgIpc) is 2.75. The Bertz CT molecular complexity index is 277. The topological polar surface area (TPSA) is 63.6 Å². The molecule has 0 amide bonds. The molecule has 0 radical (unpaired) electrons. The summed E-state index contributed by atoms with van der Waals surface area (Å²) in [6.07, 6.45) is 7.66. The van der Waals surface area contributed by atoms with E-state index >= 15 is 0 Å². The minimum absolute atomic E-state index is 0.0505. The minimum Gasteiger partial charge on any atom is -0.466 e. The van der Waals surface area contributed by atoms with Gasteiger partial charge < -0.3 is 14.6 Å². The fourth-order valence-electron chi connectivity index (χ4n) is 2.89. The van der Waals surface area contributed by atoms with E-state index in [2.05, 4.69) is 0 Å². The first-order valence-electron chi connectivity index (χ1n) is 7.48. The molecule has 0 aliphatic heterocycles. The second-order valence-corrected chi connectivity index (χ2v) is 5.37. The van der Waals surface area contributed by atoms with Crippen LogP contribution in [0, 0.1) is 11.8 Å². The van der Waals surface area contributed by atoms with Crippen LogP contribution >= 0.6 is 0 Å². The van der Waals surface area contributed by atoms with Gasteiger partial charge in [0.2, 0.25) is 0 Å². The molecule has 1 rings (SSSR count). The third-order valence-corrected chi connectivity index (χ3v) is 3.99. The molecule has 0 aromatic heterocycles. The van der Waals surface area contributed by atoms with E-state index in [0.29, 0.717) is 13.0 Å². The van der Waals surface area contributed by atoms with Crippen molar-refractivity contribution in [2.75, 3.05) is 6.61 Å². The van der Waals surface area contributed by atoms with E-state index in [1.807, 2.05) is 6.92 Å². The van der Waals surface area contributed by atoms with Crippen LogP contribution in [0.1, 0.15) is 58.3 Å². The Labute approximate surface area is 115 Å². The molecule has 0 saturated heterocycles. The molecule has 4 nitrogen and oxygen atoms in total. The molecular formula is C15H26O4. The van der Waals surface area contributed by atoms with Crippen LogP contribution in [-0.4, -0.2) is 30.1 Å². The van der Waals surface area contributed by atoms with Gasteiger partial charge in [-0.3, -0.25) is 4.79 Å². The van der Waals surface area contributed by atoms with Crippen LogP contribution in [0.15, 0.2) is 0 Å². The Morgan fingerprint density at radius 2 is 2.00 bits per heavy atom. The highest BCUT2D eigenvalue weighted by atomic mass is 16.5. The first-order valence-corrected chi connectivity index (χ1v) is 7.48. The van der Waals surface area contributed by atoms with Crippen LogP contribution < -0.4 is 0 Å². The van der Waals surface area contributed by atoms with Crippen LogP contribution in [0.3, 0.4) is 0 Å². The summed E-state index contributed by atoms with van der Waals surface area (Å²) in [4.78, 5) is 22.0. The minimum atomic E-state index is -0.297. The van der Waals surface area contributed by atoms with E-state index < -0.39 is 0 Å². The molecule has 0 aromatic rings. The summed E-state index contributed by atoms with van der Waals surface area (Å²) in [5.41, 5.74) is 0. The Balaban J connectivity index is 2.04. The number of ether oxygens (including phenoxy) is 1. The zero-order valence-corrected chi connectivity index (χ0v) is 11.8. The molecule has 1 fully saturated rings. The summed E-state index contributed by atoms with van der Waals surface area (Å²) >= 11 is 0. The molecule has 3 unspecified atom stereocenters. The third-order valence-electron chi connectivity index (χ3n) is 3.99. The summed E-state index contributed by atoms with van der Waals surface area (Å²) in [6, 6.07) is 0. The van der Waals surface area contributed by atoms with E-state index in [0.717, 1.165) is 51.2 Å². The fraction of sp³-hybridized carbons (Fsp3) is 0.867. The Morgan fingerprint density at radius 3 is 2.68 bits per heavy atom. The normalized spacial score (nSPS) is 26.3. The van der Waals surface area contributed by atoms with Crippen LogP contribution in [0.5, 0.6) is 0 Å². The first kappa shape index (κ1) is 16.2. The molecule has 0 aromatic carbocycles. The van der Waals surface area contributed by atoms with E-state index in [1.54, 1.807) is 0 Å². The van der Waals surface area contributed by atoms with Crippen molar-refractivity contribution in [2.45, 2.75) is 64.4 Å². The lowest BCUT2D eigenvalue weighted by Crippen LogP contribution is -2.19. The molecule has 1 aliphatic carbocycles. The van der Waals surface area contributed by atoms with Crippen molar-refractivity contribution in [3.8, 4) is 0 Å². The molecular weight excluding hydrogens is 244 g/mol. The van der Waals surface area contributed by atoms with Crippen molar-refractivity contribution in [1.29, 1.82) is 0 Å². The zero-order chi connectivity index (χ0) is 14.1. The maximum absolute atomic E-state index is 11.1. The predicted octanol–water partition coefficient (Wildman–Crippen LogP) is 2.48. The van der Waals surface area contributed by atoms with Gasteiger partial charge in [-0.1, -0.05) is 19.3 Å². The molecule has 3 atom stereocenters. The van der Waals surface area contributed by atoms with Gasteiger partial charge in [-0.25, -0.2) is 0 Å². The molecule has 110 valence electrons. The lowest BCUT2D eigenvalue weighted by Gasteiger charge is -2.17. The van der Waals surface area contributed by atoms with Gasteiger partial charge in [-0.05, 0) is 38.5 Å². The maximum atomic E-state index is 11.1. The van der Waals surface area contributed by atoms with Gasteiger partial charge in [-0.2, -0.15) is 0 Å². The number of carbonyl (C=O) groups excluding carboxylic acids is 2. The van der Waals surface area contributed by atoms with Gasteiger partial charge >= 0.3 is 5.97 Å². The van der Waals surface area contributed by atoms with Gasteiger partial charge in [0.05, 0.1) is 12.7 Å². The number of aliphatic hydroxyl groups is 1. The molecule has 1 aliphatic rings. The maximum Gasteiger partial charge on any atom is 0.305 e. The smallest absolute Gasteiger partial charge is 0.305 e. The highest BCUT2D eigenvalue weighted by Crippen LogP contribution is 2.34. The summed E-state index contributed by atoms with van der Waals surface area (Å²) in [5, 5.41) is 9.80. The highest BCUT2D eigenvalue weighted by molar-refractivity contribution is 5.69. The van der Waals surface area contributed by atoms with Crippen LogP contribution in [-0.2, 0) is 14.3 Å². The number of carbonyl (C=O) groups is 2. The van der Waals surface area contributed by atoms with Crippen molar-refractivity contribution >= 4 is 12.3 Å². The van der Waals surface area contributed by atoms with Crippen LogP contribution in [0.2, 0.25) is 0 Å². The van der Waals surface area contributed by atoms with E-state index in [4.69, 9.17) is 4.74 Å². The van der Waals surface area contributed by atoms with Crippen LogP contribution in [0.4, 0.5) is 0 Å². The first-order chi connectivity index (χ1) is 9.19. The van der Waals surface area contributed by atoms with Crippen LogP contribution in [0.25, 0.3) is 0 Å². The second kappa shape index (κ2) is 9.08. The molecule has 0 heterocycles. The SMILES string of the molecule is CCOC(=O)CCCCCCC1C(O)CCC1C=O. The van der Waals surface area contributed by atoms with Crippen molar-refractivity contribution < 1.29 is 19.4 Å². The Morgan fingerprint density at radius 1 is 1.26 bits per heavy atom. The molecule has 1 saturated carbocycles. The second-order valence-electron chi connectivity index (χ2n) is 5.37. The monoisotopic (exact) mass is 270 g/mol. The van der Waals surface area contributed by atoms with Gasteiger partial charge in [0.15, 0.2) is 0 Å². The quantitative estimate of drug-likeness (QED) is 0.397. The lowest BCUT2D eigenvalue weighted by atomic mass is 9.90. The Hall–Kier alpha value is -0.900. The van der Waals surface area contributed by atoms with Gasteiger partial charge in [0.1, 0.15) is 6.29 Å². The highest BCUT2D eigenvalue weighted by Gasteiger charge is 2.33. The molecule has 0 bridgehead atoms. The van der Waals surface area contributed by atoms with Gasteiger partial charge in [-0.15, -0.1) is 0 Å². The predicted molar refractivity (Wildman–Crippen MR) is 72.6 cm³/mol. The number of hydrogen-bond acceptors (Lipinski definition) is 4.